The largest absolute Gasteiger partial charge is 0.325 e. The number of carbonyl (C=O) groups excluding carboxylic acids is 1. The predicted octanol–water partition coefficient (Wildman–Crippen LogP) is 2.44. The minimum atomic E-state index is -0.0505. The lowest BCUT2D eigenvalue weighted by Gasteiger charge is -2.11. The fraction of sp³-hybridized carbons (Fsp3) is 0.250. The number of carbonyl (C=O) groups is 1. The van der Waals surface area contributed by atoms with Gasteiger partial charge in [0.05, 0.1) is 11.7 Å². The van der Waals surface area contributed by atoms with Gasteiger partial charge in [-0.15, -0.1) is 0 Å². The van der Waals surface area contributed by atoms with E-state index in [1.54, 1.807) is 6.20 Å². The van der Waals surface area contributed by atoms with Crippen molar-refractivity contribution in [2.24, 2.45) is 0 Å². The highest BCUT2D eigenvalue weighted by Crippen LogP contribution is 2.19. The average Bonchev–Trinajstić information content (AvgIpc) is 3.03. The molecule has 1 aliphatic heterocycles. The van der Waals surface area contributed by atoms with Crippen molar-refractivity contribution < 1.29 is 4.79 Å². The molecule has 0 spiro atoms. The molecule has 0 bridgehead atoms. The van der Waals surface area contributed by atoms with Crippen molar-refractivity contribution >= 4 is 11.6 Å². The van der Waals surface area contributed by atoms with Gasteiger partial charge in [0.2, 0.25) is 5.91 Å². The Labute approximate surface area is 118 Å². The molecular weight excluding hydrogens is 250 g/mol. The molecule has 1 amide bonds. The third-order valence-electron chi connectivity index (χ3n) is 3.49. The van der Waals surface area contributed by atoms with Crippen LogP contribution in [0.5, 0.6) is 0 Å². The van der Waals surface area contributed by atoms with E-state index in [1.807, 2.05) is 42.5 Å². The fourth-order valence-electron chi connectivity index (χ4n) is 2.40. The van der Waals surface area contributed by atoms with Crippen LogP contribution in [0.4, 0.5) is 5.69 Å². The normalized spacial score (nSPS) is 17.9. The number of rotatable bonds is 3. The zero-order chi connectivity index (χ0) is 13.8. The number of anilines is 1. The van der Waals surface area contributed by atoms with Crippen LogP contribution in [0.2, 0.25) is 0 Å². The van der Waals surface area contributed by atoms with E-state index in [0.717, 1.165) is 36.3 Å². The Balaban J connectivity index is 1.68. The van der Waals surface area contributed by atoms with Crippen LogP contribution in [0.15, 0.2) is 48.7 Å². The van der Waals surface area contributed by atoms with Crippen LogP contribution in [-0.2, 0) is 4.79 Å². The molecule has 0 aliphatic carbocycles. The molecule has 102 valence electrons. The van der Waals surface area contributed by atoms with Crippen molar-refractivity contribution in [1.29, 1.82) is 0 Å². The summed E-state index contributed by atoms with van der Waals surface area (Å²) in [6, 6.07) is 13.5. The van der Waals surface area contributed by atoms with Crippen LogP contribution in [-0.4, -0.2) is 23.5 Å². The van der Waals surface area contributed by atoms with Crippen molar-refractivity contribution in [1.82, 2.24) is 10.3 Å². The van der Waals surface area contributed by atoms with Gasteiger partial charge in [-0.05, 0) is 43.7 Å². The van der Waals surface area contributed by atoms with Gasteiger partial charge in [0.15, 0.2) is 0 Å². The second-order valence-corrected chi connectivity index (χ2v) is 4.93. The van der Waals surface area contributed by atoms with E-state index in [1.165, 1.54) is 0 Å². The topological polar surface area (TPSA) is 54.0 Å². The molecule has 1 saturated heterocycles. The molecule has 1 fully saturated rings. The molecule has 1 aliphatic rings. The van der Waals surface area contributed by atoms with Crippen LogP contribution in [0.3, 0.4) is 0 Å². The Kier molecular flexibility index (Phi) is 3.74. The highest BCUT2D eigenvalue weighted by Gasteiger charge is 2.21. The summed E-state index contributed by atoms with van der Waals surface area (Å²) in [6.07, 6.45) is 3.76. The molecule has 1 atom stereocenters. The predicted molar refractivity (Wildman–Crippen MR) is 79.3 cm³/mol. The number of nitrogens with one attached hydrogen (secondary N) is 2. The Morgan fingerprint density at radius 3 is 2.70 bits per heavy atom. The number of benzene rings is 1. The van der Waals surface area contributed by atoms with Crippen LogP contribution in [0, 0.1) is 0 Å². The highest BCUT2D eigenvalue weighted by molar-refractivity contribution is 5.95. The summed E-state index contributed by atoms with van der Waals surface area (Å²) in [5.74, 6) is 0.0492. The molecular formula is C16H17N3O. The van der Waals surface area contributed by atoms with Crippen molar-refractivity contribution in [3.05, 3.63) is 48.7 Å². The summed E-state index contributed by atoms with van der Waals surface area (Å²) in [7, 11) is 0. The molecule has 4 heteroatoms. The zero-order valence-electron chi connectivity index (χ0n) is 11.2. The third-order valence-corrected chi connectivity index (χ3v) is 3.49. The van der Waals surface area contributed by atoms with E-state index >= 15 is 0 Å². The van der Waals surface area contributed by atoms with E-state index in [2.05, 4.69) is 15.6 Å². The van der Waals surface area contributed by atoms with E-state index in [9.17, 15) is 4.79 Å². The quantitative estimate of drug-likeness (QED) is 0.898. The smallest absolute Gasteiger partial charge is 0.241 e. The Bertz CT molecular complexity index is 574. The molecule has 2 N–H and O–H groups in total. The lowest BCUT2D eigenvalue weighted by molar-refractivity contribution is -0.117. The van der Waals surface area contributed by atoms with Crippen molar-refractivity contribution in [2.75, 3.05) is 11.9 Å². The van der Waals surface area contributed by atoms with Crippen LogP contribution < -0.4 is 10.6 Å². The second kappa shape index (κ2) is 5.84. The Hall–Kier alpha value is -2.20. The maximum absolute atomic E-state index is 12.0. The summed E-state index contributed by atoms with van der Waals surface area (Å²) in [4.78, 5) is 16.3. The van der Waals surface area contributed by atoms with Gasteiger partial charge in [-0.25, -0.2) is 0 Å². The summed E-state index contributed by atoms with van der Waals surface area (Å²) < 4.78 is 0. The van der Waals surface area contributed by atoms with Crippen molar-refractivity contribution in [3.8, 4) is 11.3 Å². The van der Waals surface area contributed by atoms with Gasteiger partial charge in [0.25, 0.3) is 0 Å². The monoisotopic (exact) mass is 267 g/mol. The molecule has 3 rings (SSSR count). The van der Waals surface area contributed by atoms with Crippen LogP contribution >= 0.6 is 0 Å². The third kappa shape index (κ3) is 2.86. The maximum Gasteiger partial charge on any atom is 0.241 e. The SMILES string of the molecule is O=C(Nc1ccc(-c2ccccn2)cc1)C1CCCN1. The minimum Gasteiger partial charge on any atom is -0.325 e. The summed E-state index contributed by atoms with van der Waals surface area (Å²) in [6.45, 7) is 0.927. The molecule has 4 nitrogen and oxygen atoms in total. The highest BCUT2D eigenvalue weighted by atomic mass is 16.2. The first-order chi connectivity index (χ1) is 9.83. The number of nitrogens with zero attached hydrogens (tertiary/aromatic N) is 1. The Morgan fingerprint density at radius 1 is 1.20 bits per heavy atom. The van der Waals surface area contributed by atoms with Gasteiger partial charge in [0, 0.05) is 17.4 Å². The van der Waals surface area contributed by atoms with Crippen molar-refractivity contribution in [2.45, 2.75) is 18.9 Å². The summed E-state index contributed by atoms with van der Waals surface area (Å²) in [5.41, 5.74) is 2.80. The minimum absolute atomic E-state index is 0.0492. The van der Waals surface area contributed by atoms with Crippen LogP contribution in [0.1, 0.15) is 12.8 Å². The molecule has 20 heavy (non-hydrogen) atoms. The van der Waals surface area contributed by atoms with Crippen LogP contribution in [0.25, 0.3) is 11.3 Å². The number of pyridine rings is 1. The number of amides is 1. The fourth-order valence-corrected chi connectivity index (χ4v) is 2.40. The van der Waals surface area contributed by atoms with Gasteiger partial charge in [-0.1, -0.05) is 18.2 Å². The number of hydrogen-bond donors (Lipinski definition) is 2. The number of hydrogen-bond acceptors (Lipinski definition) is 3. The van der Waals surface area contributed by atoms with E-state index in [4.69, 9.17) is 0 Å². The first-order valence-electron chi connectivity index (χ1n) is 6.89. The molecule has 0 saturated carbocycles. The molecule has 1 unspecified atom stereocenters. The van der Waals surface area contributed by atoms with E-state index < -0.39 is 0 Å². The first-order valence-corrected chi connectivity index (χ1v) is 6.89. The lowest BCUT2D eigenvalue weighted by Crippen LogP contribution is -2.35. The maximum atomic E-state index is 12.0. The van der Waals surface area contributed by atoms with E-state index in [-0.39, 0.29) is 11.9 Å². The molecule has 0 radical (unpaired) electrons. The molecule has 2 aromatic rings. The standard InChI is InChI=1S/C16H17N3O/c20-16(15-5-3-11-18-15)19-13-8-6-12(7-9-13)14-4-1-2-10-17-14/h1-2,4,6-10,15,18H,3,5,11H2,(H,19,20). The van der Waals surface area contributed by atoms with Crippen molar-refractivity contribution in [3.63, 3.8) is 0 Å². The average molecular weight is 267 g/mol. The Morgan fingerprint density at radius 2 is 2.05 bits per heavy atom. The summed E-state index contributed by atoms with van der Waals surface area (Å²) in [5, 5.41) is 6.13. The van der Waals surface area contributed by atoms with Gasteiger partial charge >= 0.3 is 0 Å². The molecule has 1 aromatic carbocycles. The lowest BCUT2D eigenvalue weighted by atomic mass is 10.1. The van der Waals surface area contributed by atoms with Gasteiger partial charge in [-0.2, -0.15) is 0 Å². The van der Waals surface area contributed by atoms with Gasteiger partial charge < -0.3 is 10.6 Å². The second-order valence-electron chi connectivity index (χ2n) is 4.93. The zero-order valence-corrected chi connectivity index (χ0v) is 11.2. The van der Waals surface area contributed by atoms with Gasteiger partial charge in [0.1, 0.15) is 0 Å². The number of aromatic nitrogens is 1. The summed E-state index contributed by atoms with van der Waals surface area (Å²) >= 11 is 0. The van der Waals surface area contributed by atoms with Gasteiger partial charge in [-0.3, -0.25) is 9.78 Å². The molecule has 2 heterocycles. The first kappa shape index (κ1) is 12.8. The van der Waals surface area contributed by atoms with E-state index in [0.29, 0.717) is 0 Å². The molecule has 1 aromatic heterocycles.